The molecule has 3 heteroatoms. The van der Waals surface area contributed by atoms with E-state index in [1.807, 2.05) is 19.1 Å². The molecule has 70 valence electrons. The van der Waals surface area contributed by atoms with Gasteiger partial charge < -0.3 is 4.74 Å². The van der Waals surface area contributed by atoms with E-state index in [0.29, 0.717) is 0 Å². The molecule has 0 bridgehead atoms. The minimum absolute atomic E-state index is 0.00694. The fraction of sp³-hybridized carbons (Fsp3) is 0.667. The quantitative estimate of drug-likeness (QED) is 0.384. The summed E-state index contributed by atoms with van der Waals surface area (Å²) >= 11 is 0. The van der Waals surface area contributed by atoms with Crippen molar-refractivity contribution in [3.05, 3.63) is 12.2 Å². The highest BCUT2D eigenvalue weighted by molar-refractivity contribution is 6.80. The molecular formula is C9H18O2Si. The molecule has 0 radical (unpaired) electrons. The van der Waals surface area contributed by atoms with Crippen LogP contribution in [0.15, 0.2) is 12.2 Å². The standard InChI is InChI=1S/C9H18O2Si/c1-6-7-8(9(10)11-2)12(3,4)5/h6-8H,1-5H3/b7-6+/t8-/m1/s1. The summed E-state index contributed by atoms with van der Waals surface area (Å²) in [6, 6.07) is 0. The Morgan fingerprint density at radius 2 is 1.92 bits per heavy atom. The van der Waals surface area contributed by atoms with Gasteiger partial charge in [-0.15, -0.1) is 0 Å². The Hall–Kier alpha value is -0.573. The molecule has 0 aliphatic rings. The van der Waals surface area contributed by atoms with Gasteiger partial charge in [-0.25, -0.2) is 0 Å². The van der Waals surface area contributed by atoms with E-state index < -0.39 is 8.07 Å². The molecule has 0 aromatic rings. The second-order valence-electron chi connectivity index (χ2n) is 3.89. The van der Waals surface area contributed by atoms with Crippen molar-refractivity contribution in [3.63, 3.8) is 0 Å². The Morgan fingerprint density at radius 1 is 1.42 bits per heavy atom. The van der Waals surface area contributed by atoms with Crippen LogP contribution in [0.2, 0.25) is 25.2 Å². The van der Waals surface area contributed by atoms with Gasteiger partial charge >= 0.3 is 5.97 Å². The summed E-state index contributed by atoms with van der Waals surface area (Å²) in [6.07, 6.45) is 3.86. The van der Waals surface area contributed by atoms with E-state index in [-0.39, 0.29) is 11.5 Å². The van der Waals surface area contributed by atoms with Crippen LogP contribution in [0.25, 0.3) is 0 Å². The van der Waals surface area contributed by atoms with Gasteiger partial charge in [-0.1, -0.05) is 31.8 Å². The first kappa shape index (κ1) is 11.4. The third-order valence-corrected chi connectivity index (χ3v) is 4.07. The topological polar surface area (TPSA) is 26.3 Å². The maximum Gasteiger partial charge on any atom is 0.309 e. The van der Waals surface area contributed by atoms with Crippen molar-refractivity contribution in [2.75, 3.05) is 7.11 Å². The first-order valence-electron chi connectivity index (χ1n) is 4.14. The fourth-order valence-electron chi connectivity index (χ4n) is 1.04. The van der Waals surface area contributed by atoms with Gasteiger partial charge in [0.25, 0.3) is 0 Å². The van der Waals surface area contributed by atoms with Gasteiger partial charge in [0, 0.05) is 0 Å². The van der Waals surface area contributed by atoms with Crippen LogP contribution in [-0.4, -0.2) is 21.2 Å². The van der Waals surface area contributed by atoms with Crippen molar-refractivity contribution in [2.45, 2.75) is 32.1 Å². The van der Waals surface area contributed by atoms with Crippen LogP contribution in [0.5, 0.6) is 0 Å². The molecule has 0 saturated carbocycles. The van der Waals surface area contributed by atoms with E-state index in [0.717, 1.165) is 0 Å². The smallest absolute Gasteiger partial charge is 0.309 e. The third kappa shape index (κ3) is 3.22. The molecular weight excluding hydrogens is 168 g/mol. The van der Waals surface area contributed by atoms with Crippen LogP contribution in [0.1, 0.15) is 6.92 Å². The summed E-state index contributed by atoms with van der Waals surface area (Å²) in [5.74, 6) is -0.104. The largest absolute Gasteiger partial charge is 0.469 e. The normalized spacial score (nSPS) is 14.8. The summed E-state index contributed by atoms with van der Waals surface area (Å²) in [4.78, 5) is 11.3. The van der Waals surface area contributed by atoms with Gasteiger partial charge in [-0.05, 0) is 6.92 Å². The summed E-state index contributed by atoms with van der Waals surface area (Å²) in [5.41, 5.74) is -0.00694. The first-order chi connectivity index (χ1) is 5.43. The molecule has 1 atom stereocenters. The Kier molecular flexibility index (Phi) is 4.24. The van der Waals surface area contributed by atoms with Gasteiger partial charge in [0.05, 0.1) is 20.7 Å². The van der Waals surface area contributed by atoms with E-state index in [9.17, 15) is 4.79 Å². The van der Waals surface area contributed by atoms with Crippen LogP contribution in [0.3, 0.4) is 0 Å². The fourth-order valence-corrected chi connectivity index (χ4v) is 2.63. The summed E-state index contributed by atoms with van der Waals surface area (Å²) < 4.78 is 4.74. The second-order valence-corrected chi connectivity index (χ2v) is 9.25. The minimum atomic E-state index is -1.45. The van der Waals surface area contributed by atoms with Crippen LogP contribution < -0.4 is 0 Å². The third-order valence-electron chi connectivity index (χ3n) is 1.77. The maximum atomic E-state index is 11.3. The van der Waals surface area contributed by atoms with Crippen LogP contribution in [-0.2, 0) is 9.53 Å². The molecule has 0 aliphatic heterocycles. The van der Waals surface area contributed by atoms with Crippen molar-refractivity contribution in [1.29, 1.82) is 0 Å². The lowest BCUT2D eigenvalue weighted by atomic mass is 10.4. The van der Waals surface area contributed by atoms with Gasteiger partial charge in [0.15, 0.2) is 0 Å². The van der Waals surface area contributed by atoms with Crippen LogP contribution in [0, 0.1) is 0 Å². The average molecular weight is 186 g/mol. The molecule has 0 heterocycles. The van der Waals surface area contributed by atoms with Crippen molar-refractivity contribution in [1.82, 2.24) is 0 Å². The minimum Gasteiger partial charge on any atom is -0.469 e. The number of rotatable bonds is 3. The Bertz CT molecular complexity index is 179. The number of allylic oxidation sites excluding steroid dienone is 1. The van der Waals surface area contributed by atoms with E-state index >= 15 is 0 Å². The molecule has 0 unspecified atom stereocenters. The molecule has 0 aromatic heterocycles. The van der Waals surface area contributed by atoms with Gasteiger partial charge in [-0.3, -0.25) is 4.79 Å². The number of hydrogen-bond acceptors (Lipinski definition) is 2. The van der Waals surface area contributed by atoms with E-state index in [2.05, 4.69) is 19.6 Å². The molecule has 12 heavy (non-hydrogen) atoms. The van der Waals surface area contributed by atoms with E-state index in [1.165, 1.54) is 7.11 Å². The number of carbonyl (C=O) groups excluding carboxylic acids is 1. The lowest BCUT2D eigenvalue weighted by Gasteiger charge is -2.23. The van der Waals surface area contributed by atoms with Gasteiger partial charge in [-0.2, -0.15) is 0 Å². The SMILES string of the molecule is C/C=C/[C@H](C(=O)OC)[Si](C)(C)C. The zero-order chi connectivity index (χ0) is 9.78. The molecule has 0 rings (SSSR count). The van der Waals surface area contributed by atoms with Gasteiger partial charge in [0.2, 0.25) is 0 Å². The van der Waals surface area contributed by atoms with Crippen molar-refractivity contribution < 1.29 is 9.53 Å². The van der Waals surface area contributed by atoms with Gasteiger partial charge in [0.1, 0.15) is 0 Å². The van der Waals surface area contributed by atoms with Crippen LogP contribution in [0.4, 0.5) is 0 Å². The van der Waals surface area contributed by atoms with Crippen molar-refractivity contribution >= 4 is 14.0 Å². The monoisotopic (exact) mass is 186 g/mol. The molecule has 0 N–H and O–H groups in total. The molecule has 0 amide bonds. The highest BCUT2D eigenvalue weighted by Gasteiger charge is 2.31. The zero-order valence-electron chi connectivity index (χ0n) is 8.55. The lowest BCUT2D eigenvalue weighted by molar-refractivity contribution is -0.139. The predicted octanol–water partition coefficient (Wildman–Crippen LogP) is 2.44. The van der Waals surface area contributed by atoms with E-state index in [1.54, 1.807) is 0 Å². The number of esters is 1. The summed E-state index contributed by atoms with van der Waals surface area (Å²) in [6.45, 7) is 8.41. The highest BCUT2D eigenvalue weighted by Crippen LogP contribution is 2.24. The van der Waals surface area contributed by atoms with Crippen molar-refractivity contribution in [3.8, 4) is 0 Å². The number of hydrogen-bond donors (Lipinski definition) is 0. The first-order valence-corrected chi connectivity index (χ1v) is 7.72. The summed E-state index contributed by atoms with van der Waals surface area (Å²) in [5, 5.41) is 0. The maximum absolute atomic E-state index is 11.3. The number of ether oxygens (including phenoxy) is 1. The molecule has 2 nitrogen and oxygen atoms in total. The molecule has 0 spiro atoms. The predicted molar refractivity (Wildman–Crippen MR) is 53.9 cm³/mol. The number of carbonyl (C=O) groups is 1. The van der Waals surface area contributed by atoms with Crippen LogP contribution >= 0.6 is 0 Å². The lowest BCUT2D eigenvalue weighted by Crippen LogP contribution is -2.33. The Morgan fingerprint density at radius 3 is 2.17 bits per heavy atom. The molecule has 0 fully saturated rings. The second kappa shape index (κ2) is 4.45. The van der Waals surface area contributed by atoms with Crippen molar-refractivity contribution in [2.24, 2.45) is 0 Å². The van der Waals surface area contributed by atoms with E-state index in [4.69, 9.17) is 4.74 Å². The zero-order valence-corrected chi connectivity index (χ0v) is 9.55. The highest BCUT2D eigenvalue weighted by atomic mass is 28.3. The molecule has 0 saturated heterocycles. The Labute approximate surface area is 75.6 Å². The molecule has 0 aliphatic carbocycles. The molecule has 0 aromatic carbocycles. The average Bonchev–Trinajstić information content (AvgIpc) is 1.96. The Balaban J connectivity index is 4.55. The summed E-state index contributed by atoms with van der Waals surface area (Å²) in [7, 11) is -0.00959. The number of methoxy groups -OCH3 is 1.